The molecule has 2 rings (SSSR count). The molecule has 1 aromatic heterocycles. The number of ether oxygens (including phenoxy) is 1. The number of aromatic nitrogens is 1. The van der Waals surface area contributed by atoms with Gasteiger partial charge in [0.2, 0.25) is 5.95 Å². The maximum Gasteiger partial charge on any atom is 0.311 e. The lowest BCUT2D eigenvalue weighted by atomic mass is 10.0. The van der Waals surface area contributed by atoms with E-state index in [1.54, 1.807) is 6.92 Å². The Kier molecular flexibility index (Phi) is 4.46. The van der Waals surface area contributed by atoms with Gasteiger partial charge in [-0.1, -0.05) is 0 Å². The third-order valence-electron chi connectivity index (χ3n) is 3.45. The van der Waals surface area contributed by atoms with Crippen LogP contribution >= 0.6 is 0 Å². The van der Waals surface area contributed by atoms with Gasteiger partial charge < -0.3 is 14.7 Å². The summed E-state index contributed by atoms with van der Waals surface area (Å²) in [6, 6.07) is 0.352. The third kappa shape index (κ3) is 2.85. The van der Waals surface area contributed by atoms with Crippen LogP contribution in [0, 0.1) is 17.7 Å². The van der Waals surface area contributed by atoms with Crippen molar-refractivity contribution in [1.29, 1.82) is 0 Å². The maximum absolute atomic E-state index is 13.7. The summed E-state index contributed by atoms with van der Waals surface area (Å²) in [4.78, 5) is 27.8. The van der Waals surface area contributed by atoms with Crippen molar-refractivity contribution >= 4 is 11.9 Å². The molecular formula is C13H14F2N2O4. The second-order valence-electron chi connectivity index (χ2n) is 4.60. The Morgan fingerprint density at radius 3 is 2.81 bits per heavy atom. The molecule has 0 radical (unpaired) electrons. The molecule has 6 nitrogen and oxygen atoms in total. The Morgan fingerprint density at radius 2 is 2.19 bits per heavy atom. The van der Waals surface area contributed by atoms with Crippen LogP contribution in [0.3, 0.4) is 0 Å². The van der Waals surface area contributed by atoms with E-state index in [9.17, 15) is 18.4 Å². The molecule has 0 aromatic carbocycles. The predicted octanol–water partition coefficient (Wildman–Crippen LogP) is 0.921. The topological polar surface area (TPSA) is 79.7 Å². The Morgan fingerprint density at radius 1 is 1.48 bits per heavy atom. The van der Waals surface area contributed by atoms with Crippen molar-refractivity contribution in [2.75, 3.05) is 19.8 Å². The lowest BCUT2D eigenvalue weighted by Gasteiger charge is -2.29. The largest absolute Gasteiger partial charge is 0.481 e. The molecule has 2 heterocycles. The van der Waals surface area contributed by atoms with Crippen LogP contribution in [0.1, 0.15) is 17.3 Å². The minimum absolute atomic E-state index is 0.0169. The maximum atomic E-state index is 13.7. The minimum Gasteiger partial charge on any atom is -0.481 e. The summed E-state index contributed by atoms with van der Waals surface area (Å²) in [7, 11) is 0. The van der Waals surface area contributed by atoms with E-state index in [0.29, 0.717) is 0 Å². The molecule has 8 heteroatoms. The summed E-state index contributed by atoms with van der Waals surface area (Å²) < 4.78 is 31.9. The zero-order valence-corrected chi connectivity index (χ0v) is 11.3. The second-order valence-corrected chi connectivity index (χ2v) is 4.60. The first-order valence-corrected chi connectivity index (χ1v) is 6.38. The Hall–Kier alpha value is -2.09. The number of hydrogen-bond acceptors (Lipinski definition) is 4. The Labute approximate surface area is 119 Å². The highest BCUT2D eigenvalue weighted by Crippen LogP contribution is 2.23. The van der Waals surface area contributed by atoms with Crippen LogP contribution in [-0.4, -0.2) is 52.7 Å². The van der Waals surface area contributed by atoms with Crippen LogP contribution in [0.4, 0.5) is 8.78 Å². The molecule has 1 saturated heterocycles. The van der Waals surface area contributed by atoms with E-state index in [1.165, 1.54) is 4.90 Å². The molecule has 1 N–H and O–H groups in total. The third-order valence-corrected chi connectivity index (χ3v) is 3.45. The zero-order chi connectivity index (χ0) is 15.6. The van der Waals surface area contributed by atoms with E-state index in [0.717, 1.165) is 12.3 Å². The van der Waals surface area contributed by atoms with Gasteiger partial charge in [-0.15, -0.1) is 0 Å². The van der Waals surface area contributed by atoms with Crippen LogP contribution in [0.2, 0.25) is 0 Å². The molecule has 1 aliphatic rings. The van der Waals surface area contributed by atoms with Crippen LogP contribution in [0.25, 0.3) is 0 Å². The predicted molar refractivity (Wildman–Crippen MR) is 66.6 cm³/mol. The average molecular weight is 300 g/mol. The van der Waals surface area contributed by atoms with Gasteiger partial charge in [-0.2, -0.15) is 4.39 Å². The van der Waals surface area contributed by atoms with Crippen molar-refractivity contribution in [2.45, 2.75) is 13.0 Å². The monoisotopic (exact) mass is 300 g/mol. The van der Waals surface area contributed by atoms with E-state index >= 15 is 0 Å². The molecule has 1 aliphatic heterocycles. The summed E-state index contributed by atoms with van der Waals surface area (Å²) in [5.41, 5.74) is -0.472. The van der Waals surface area contributed by atoms with Crippen LogP contribution in [0.15, 0.2) is 12.3 Å². The summed E-state index contributed by atoms with van der Waals surface area (Å²) in [5.74, 6) is -5.46. The summed E-state index contributed by atoms with van der Waals surface area (Å²) in [6.45, 7) is 1.81. The molecular weight excluding hydrogens is 286 g/mol. The fourth-order valence-electron chi connectivity index (χ4n) is 2.35. The molecule has 1 aromatic rings. The van der Waals surface area contributed by atoms with Gasteiger partial charge in [0.05, 0.1) is 24.8 Å². The van der Waals surface area contributed by atoms with Gasteiger partial charge in [-0.25, -0.2) is 9.37 Å². The SMILES string of the molecule is CCN(C(=O)c1ccnc(F)c1F)C1COCC1C(=O)O. The van der Waals surface area contributed by atoms with Crippen LogP contribution in [0.5, 0.6) is 0 Å². The summed E-state index contributed by atoms with van der Waals surface area (Å²) in [5, 5.41) is 9.12. The van der Waals surface area contributed by atoms with Crippen molar-refractivity contribution in [3.05, 3.63) is 29.6 Å². The van der Waals surface area contributed by atoms with Crippen LogP contribution in [-0.2, 0) is 9.53 Å². The fraction of sp³-hybridized carbons (Fsp3) is 0.462. The second kappa shape index (κ2) is 6.13. The number of carboxylic acids is 1. The van der Waals surface area contributed by atoms with E-state index in [4.69, 9.17) is 9.84 Å². The Bertz CT molecular complexity index is 567. The molecule has 2 atom stereocenters. The molecule has 114 valence electrons. The molecule has 2 unspecified atom stereocenters. The summed E-state index contributed by atoms with van der Waals surface area (Å²) in [6.07, 6.45) is 0.985. The van der Waals surface area contributed by atoms with Crippen molar-refractivity contribution < 1.29 is 28.2 Å². The molecule has 1 fully saturated rings. The standard InChI is InChI=1S/C13H14F2N2O4/c1-2-17(9-6-21-5-8(9)13(19)20)12(18)7-3-4-16-11(15)10(7)14/h3-4,8-9H,2,5-6H2,1H3,(H,19,20). The molecule has 0 aliphatic carbocycles. The van der Waals surface area contributed by atoms with Gasteiger partial charge in [0.1, 0.15) is 5.92 Å². The summed E-state index contributed by atoms with van der Waals surface area (Å²) >= 11 is 0. The van der Waals surface area contributed by atoms with Gasteiger partial charge >= 0.3 is 5.97 Å². The number of hydrogen-bond donors (Lipinski definition) is 1. The van der Waals surface area contributed by atoms with Gasteiger partial charge in [0.25, 0.3) is 5.91 Å². The average Bonchev–Trinajstić information content (AvgIpc) is 2.92. The molecule has 0 saturated carbocycles. The van der Waals surface area contributed by atoms with Crippen molar-refractivity contribution in [3.63, 3.8) is 0 Å². The first-order valence-electron chi connectivity index (χ1n) is 6.38. The normalized spacial score (nSPS) is 21.3. The van der Waals surface area contributed by atoms with Crippen molar-refractivity contribution in [2.24, 2.45) is 5.92 Å². The smallest absolute Gasteiger partial charge is 0.311 e. The van der Waals surface area contributed by atoms with Gasteiger partial charge in [0.15, 0.2) is 5.82 Å². The minimum atomic E-state index is -1.37. The number of rotatable bonds is 4. The lowest BCUT2D eigenvalue weighted by Crippen LogP contribution is -2.46. The number of amides is 1. The molecule has 0 spiro atoms. The molecule has 21 heavy (non-hydrogen) atoms. The molecule has 0 bridgehead atoms. The highest BCUT2D eigenvalue weighted by Gasteiger charge is 2.40. The number of pyridine rings is 1. The van der Waals surface area contributed by atoms with Gasteiger partial charge in [-0.3, -0.25) is 9.59 Å². The zero-order valence-electron chi connectivity index (χ0n) is 11.3. The number of halogens is 2. The number of likely N-dealkylation sites (N-methyl/N-ethyl adjacent to an activating group) is 1. The van der Waals surface area contributed by atoms with E-state index in [-0.39, 0.29) is 19.8 Å². The van der Waals surface area contributed by atoms with Crippen LogP contribution < -0.4 is 0 Å². The number of aliphatic carboxylic acids is 1. The Balaban J connectivity index is 2.30. The molecule has 1 amide bonds. The number of carboxylic acid groups (broad SMARTS) is 1. The van der Waals surface area contributed by atoms with Gasteiger partial charge in [-0.05, 0) is 13.0 Å². The fourth-order valence-corrected chi connectivity index (χ4v) is 2.35. The highest BCUT2D eigenvalue weighted by atomic mass is 19.2. The number of nitrogens with zero attached hydrogens (tertiary/aromatic N) is 2. The van der Waals surface area contributed by atoms with E-state index in [1.807, 2.05) is 0 Å². The van der Waals surface area contributed by atoms with E-state index < -0.39 is 41.2 Å². The van der Waals surface area contributed by atoms with Crippen molar-refractivity contribution in [3.8, 4) is 0 Å². The van der Waals surface area contributed by atoms with Crippen molar-refractivity contribution in [1.82, 2.24) is 9.88 Å². The first kappa shape index (κ1) is 15.3. The lowest BCUT2D eigenvalue weighted by molar-refractivity contribution is -0.142. The highest BCUT2D eigenvalue weighted by molar-refractivity contribution is 5.95. The quantitative estimate of drug-likeness (QED) is 0.837. The number of carbonyl (C=O) groups excluding carboxylic acids is 1. The first-order chi connectivity index (χ1) is 9.97. The van der Waals surface area contributed by atoms with Gasteiger partial charge in [0, 0.05) is 12.7 Å². The van der Waals surface area contributed by atoms with E-state index in [2.05, 4.69) is 4.98 Å². The number of carbonyl (C=O) groups is 2.